The first-order chi connectivity index (χ1) is 11.5. The number of ether oxygens (including phenoxy) is 2. The monoisotopic (exact) mass is 364 g/mol. The van der Waals surface area contributed by atoms with Crippen molar-refractivity contribution in [1.82, 2.24) is 0 Å². The van der Waals surface area contributed by atoms with Crippen LogP contribution in [0.5, 0.6) is 5.75 Å². The third-order valence-corrected chi connectivity index (χ3v) is 3.11. The van der Waals surface area contributed by atoms with Gasteiger partial charge in [-0.2, -0.15) is 13.2 Å². The normalized spacial score (nSPS) is 12.0. The lowest BCUT2D eigenvalue weighted by atomic mass is 9.98. The van der Waals surface area contributed by atoms with E-state index in [-0.39, 0.29) is 11.1 Å². The lowest BCUT2D eigenvalue weighted by Crippen LogP contribution is -2.17. The Morgan fingerprint density at radius 1 is 0.960 bits per heavy atom. The number of rotatable bonds is 3. The largest absolute Gasteiger partial charge is 0.573 e. The van der Waals surface area contributed by atoms with Crippen LogP contribution < -0.4 is 4.74 Å². The van der Waals surface area contributed by atoms with E-state index < -0.39 is 35.4 Å². The quantitative estimate of drug-likeness (QED) is 0.564. The number of benzene rings is 2. The highest BCUT2D eigenvalue weighted by atomic mass is 19.4. The number of para-hydroxylation sites is 1. The van der Waals surface area contributed by atoms with Crippen molar-refractivity contribution in [3.05, 3.63) is 53.6 Å². The van der Waals surface area contributed by atoms with E-state index in [0.717, 1.165) is 25.3 Å². The molecule has 0 aliphatic rings. The Labute approximate surface area is 137 Å². The Morgan fingerprint density at radius 2 is 1.60 bits per heavy atom. The molecule has 0 saturated heterocycles. The van der Waals surface area contributed by atoms with E-state index in [0.29, 0.717) is 12.1 Å². The summed E-state index contributed by atoms with van der Waals surface area (Å²) in [5.41, 5.74) is -2.17. The number of hydrogen-bond donors (Lipinski definition) is 0. The molecule has 134 valence electrons. The molecule has 2 aromatic rings. The smallest absolute Gasteiger partial charge is 0.465 e. The highest BCUT2D eigenvalue weighted by Crippen LogP contribution is 2.38. The predicted octanol–water partition coefficient (Wildman–Crippen LogP) is 5.06. The molecule has 0 fully saturated rings. The molecule has 0 amide bonds. The molecule has 25 heavy (non-hydrogen) atoms. The van der Waals surface area contributed by atoms with Gasteiger partial charge in [-0.15, -0.1) is 13.2 Å². The number of esters is 1. The second-order valence-corrected chi connectivity index (χ2v) is 4.83. The van der Waals surface area contributed by atoms with E-state index in [2.05, 4.69) is 9.47 Å². The van der Waals surface area contributed by atoms with Crippen molar-refractivity contribution in [3.63, 3.8) is 0 Å². The van der Waals surface area contributed by atoms with Crippen LogP contribution in [0.2, 0.25) is 0 Å². The van der Waals surface area contributed by atoms with E-state index >= 15 is 0 Å². The molecule has 0 aliphatic carbocycles. The van der Waals surface area contributed by atoms with E-state index in [1.807, 2.05) is 0 Å². The lowest BCUT2D eigenvalue weighted by Gasteiger charge is -2.15. The zero-order valence-corrected chi connectivity index (χ0v) is 12.5. The van der Waals surface area contributed by atoms with Gasteiger partial charge in [0.05, 0.1) is 18.2 Å². The molecule has 0 atom stereocenters. The number of halogens is 6. The minimum atomic E-state index is -5.02. The summed E-state index contributed by atoms with van der Waals surface area (Å²) in [6.45, 7) is 0. The van der Waals surface area contributed by atoms with Crippen molar-refractivity contribution in [2.45, 2.75) is 12.5 Å². The molecule has 3 nitrogen and oxygen atoms in total. The number of alkyl halides is 6. The van der Waals surface area contributed by atoms with E-state index in [1.54, 1.807) is 0 Å². The average molecular weight is 364 g/mol. The van der Waals surface area contributed by atoms with Gasteiger partial charge >= 0.3 is 18.5 Å². The fourth-order valence-electron chi connectivity index (χ4n) is 2.10. The second kappa shape index (κ2) is 6.66. The lowest BCUT2D eigenvalue weighted by molar-refractivity contribution is -0.274. The molecule has 0 unspecified atom stereocenters. The zero-order chi connectivity index (χ0) is 18.8. The van der Waals surface area contributed by atoms with Crippen LogP contribution in [-0.4, -0.2) is 19.4 Å². The first kappa shape index (κ1) is 18.6. The van der Waals surface area contributed by atoms with Crippen molar-refractivity contribution in [3.8, 4) is 16.9 Å². The van der Waals surface area contributed by atoms with Crippen LogP contribution in [0.1, 0.15) is 15.9 Å². The molecular weight excluding hydrogens is 354 g/mol. The van der Waals surface area contributed by atoms with Crippen LogP contribution in [0.3, 0.4) is 0 Å². The Morgan fingerprint density at radius 3 is 2.16 bits per heavy atom. The Balaban J connectivity index is 2.65. The first-order valence-corrected chi connectivity index (χ1v) is 6.67. The molecule has 0 spiro atoms. The second-order valence-electron chi connectivity index (χ2n) is 4.83. The Kier molecular flexibility index (Phi) is 4.96. The van der Waals surface area contributed by atoms with Gasteiger partial charge in [0.25, 0.3) is 0 Å². The third kappa shape index (κ3) is 4.65. The summed E-state index contributed by atoms with van der Waals surface area (Å²) in [7, 11) is 0.975. The fraction of sp³-hybridized carbons (Fsp3) is 0.188. The number of methoxy groups -OCH3 is 1. The highest BCUT2D eigenvalue weighted by Gasteiger charge is 2.34. The Hall–Kier alpha value is -2.71. The summed E-state index contributed by atoms with van der Waals surface area (Å²) in [4.78, 5) is 11.6. The maximum absolute atomic E-state index is 13.0. The topological polar surface area (TPSA) is 35.5 Å². The first-order valence-electron chi connectivity index (χ1n) is 6.67. The van der Waals surface area contributed by atoms with Crippen LogP contribution in [-0.2, 0) is 10.9 Å². The number of hydrogen-bond acceptors (Lipinski definition) is 3. The van der Waals surface area contributed by atoms with Gasteiger partial charge in [0.1, 0.15) is 5.75 Å². The Bertz CT molecular complexity index is 780. The van der Waals surface area contributed by atoms with Gasteiger partial charge in [-0.05, 0) is 29.8 Å². The minimum absolute atomic E-state index is 0.254. The average Bonchev–Trinajstić information content (AvgIpc) is 2.52. The number of carbonyl (C=O) groups is 1. The van der Waals surface area contributed by atoms with Crippen molar-refractivity contribution in [2.75, 3.05) is 7.11 Å². The summed E-state index contributed by atoms with van der Waals surface area (Å²) in [5.74, 6) is -1.74. The van der Waals surface area contributed by atoms with E-state index in [1.165, 1.54) is 12.1 Å². The third-order valence-electron chi connectivity index (χ3n) is 3.11. The SMILES string of the molecule is COC(=O)c1cc(-c2ccccc2OC(F)(F)F)cc(C(F)(F)F)c1. The summed E-state index contributed by atoms with van der Waals surface area (Å²) < 4.78 is 84.8. The van der Waals surface area contributed by atoms with Gasteiger partial charge < -0.3 is 9.47 Å². The fourth-order valence-corrected chi connectivity index (χ4v) is 2.10. The van der Waals surface area contributed by atoms with Gasteiger partial charge in [0.2, 0.25) is 0 Å². The molecule has 0 radical (unpaired) electrons. The van der Waals surface area contributed by atoms with Gasteiger partial charge in [-0.1, -0.05) is 18.2 Å². The molecular formula is C16H10F6O3. The zero-order valence-electron chi connectivity index (χ0n) is 12.5. The molecule has 0 aliphatic heterocycles. The predicted molar refractivity (Wildman–Crippen MR) is 74.9 cm³/mol. The van der Waals surface area contributed by atoms with Crippen molar-refractivity contribution >= 4 is 5.97 Å². The van der Waals surface area contributed by atoms with Crippen molar-refractivity contribution < 1.29 is 40.6 Å². The minimum Gasteiger partial charge on any atom is -0.465 e. The summed E-state index contributed by atoms with van der Waals surface area (Å²) in [6, 6.07) is 6.86. The van der Waals surface area contributed by atoms with Crippen molar-refractivity contribution in [1.29, 1.82) is 0 Å². The van der Waals surface area contributed by atoms with Crippen LogP contribution in [0.15, 0.2) is 42.5 Å². The van der Waals surface area contributed by atoms with Gasteiger partial charge in [-0.3, -0.25) is 0 Å². The molecule has 0 N–H and O–H groups in total. The molecule has 2 aromatic carbocycles. The van der Waals surface area contributed by atoms with E-state index in [9.17, 15) is 31.1 Å². The van der Waals surface area contributed by atoms with Crippen molar-refractivity contribution in [2.24, 2.45) is 0 Å². The van der Waals surface area contributed by atoms with Gasteiger partial charge in [0, 0.05) is 5.56 Å². The van der Waals surface area contributed by atoms with Crippen LogP contribution >= 0.6 is 0 Å². The summed E-state index contributed by atoms with van der Waals surface area (Å²) in [5, 5.41) is 0. The molecule has 0 saturated carbocycles. The maximum Gasteiger partial charge on any atom is 0.573 e. The molecule has 0 bridgehead atoms. The maximum atomic E-state index is 13.0. The van der Waals surface area contributed by atoms with Gasteiger partial charge in [-0.25, -0.2) is 4.79 Å². The summed E-state index contributed by atoms with van der Waals surface area (Å²) >= 11 is 0. The highest BCUT2D eigenvalue weighted by molar-refractivity contribution is 5.91. The number of carbonyl (C=O) groups excluding carboxylic acids is 1. The standard InChI is InChI=1S/C16H10F6O3/c1-24-14(23)10-6-9(7-11(8-10)15(17,18)19)12-4-2-3-5-13(12)25-16(20,21)22/h2-8H,1H3. The van der Waals surface area contributed by atoms with Gasteiger partial charge in [0.15, 0.2) is 0 Å². The molecule has 0 aromatic heterocycles. The van der Waals surface area contributed by atoms with E-state index in [4.69, 9.17) is 0 Å². The molecule has 9 heteroatoms. The van der Waals surface area contributed by atoms with Crippen LogP contribution in [0, 0.1) is 0 Å². The summed E-state index contributed by atoms with van der Waals surface area (Å²) in [6.07, 6.45) is -9.83. The van der Waals surface area contributed by atoms with Crippen LogP contribution in [0.25, 0.3) is 11.1 Å². The van der Waals surface area contributed by atoms with Crippen LogP contribution in [0.4, 0.5) is 26.3 Å². The molecule has 0 heterocycles. The molecule has 2 rings (SSSR count).